The molecule has 1 fully saturated rings. The smallest absolute Gasteiger partial charge is 0.250 e. The summed E-state index contributed by atoms with van der Waals surface area (Å²) in [5.74, 6) is 0.230. The van der Waals surface area contributed by atoms with E-state index in [1.165, 1.54) is 14.1 Å². The maximum atomic E-state index is 13.5. The fourth-order valence-corrected chi connectivity index (χ4v) is 6.23. The van der Waals surface area contributed by atoms with Crippen molar-refractivity contribution in [3.63, 3.8) is 0 Å². The Morgan fingerprint density at radius 3 is 2.59 bits per heavy atom. The molecule has 9 nitrogen and oxygen atoms in total. The molecule has 10 heteroatoms. The lowest BCUT2D eigenvalue weighted by Gasteiger charge is -2.45. The zero-order valence-corrected chi connectivity index (χ0v) is 20.8. The van der Waals surface area contributed by atoms with Gasteiger partial charge in [-0.25, -0.2) is 8.42 Å². The predicted molar refractivity (Wildman–Crippen MR) is 129 cm³/mol. The van der Waals surface area contributed by atoms with Crippen molar-refractivity contribution in [2.24, 2.45) is 0 Å². The second kappa shape index (κ2) is 9.79. The molecule has 2 aliphatic heterocycles. The molecule has 184 valence electrons. The highest BCUT2D eigenvalue weighted by molar-refractivity contribution is 7.89. The summed E-state index contributed by atoms with van der Waals surface area (Å²) in [7, 11) is -2.05. The van der Waals surface area contributed by atoms with Gasteiger partial charge in [0.25, 0.3) is 0 Å². The Morgan fingerprint density at radius 1 is 1.15 bits per heavy atom. The highest BCUT2D eigenvalue weighted by Crippen LogP contribution is 2.41. The molecule has 0 radical (unpaired) electrons. The minimum Gasteiger partial charge on any atom is -0.467 e. The summed E-state index contributed by atoms with van der Waals surface area (Å²) in [5.41, 5.74) is 1.26. The second-order valence-electron chi connectivity index (χ2n) is 8.70. The third kappa shape index (κ3) is 4.44. The quantitative estimate of drug-likeness (QED) is 0.567. The van der Waals surface area contributed by atoms with E-state index in [0.29, 0.717) is 31.0 Å². The van der Waals surface area contributed by atoms with Gasteiger partial charge < -0.3 is 14.2 Å². The van der Waals surface area contributed by atoms with Crippen LogP contribution in [0.2, 0.25) is 0 Å². The summed E-state index contributed by atoms with van der Waals surface area (Å²) in [6, 6.07) is 8.14. The maximum absolute atomic E-state index is 13.5. The Hall–Kier alpha value is -2.85. The van der Waals surface area contributed by atoms with Gasteiger partial charge >= 0.3 is 0 Å². The summed E-state index contributed by atoms with van der Waals surface area (Å²) >= 11 is 0. The second-order valence-corrected chi connectivity index (χ2v) is 10.6. The Balaban J connectivity index is 1.70. The average molecular weight is 489 g/mol. The number of amides is 2. The minimum atomic E-state index is -3.71. The van der Waals surface area contributed by atoms with E-state index in [1.54, 1.807) is 57.5 Å². The van der Waals surface area contributed by atoms with Crippen LogP contribution in [0.25, 0.3) is 0 Å². The predicted octanol–water partition coefficient (Wildman–Crippen LogP) is 2.67. The first-order valence-corrected chi connectivity index (χ1v) is 13.2. The topological polar surface area (TPSA) is 94.4 Å². The van der Waals surface area contributed by atoms with Gasteiger partial charge in [0.15, 0.2) is 0 Å². The standard InChI is InChI=1S/C24H32N4O5S/c1-4-26(5-2)34(31,32)19-11-12-20-22(15-19)28(24(30)21-10-6-7-13-27(20)21)17-23(29)25(3)16-18-9-8-14-33-18/h8-9,11-12,14-15,21H,4-7,10,13,16-17H2,1-3H3/t21-/m1/s1. The number of sulfonamides is 1. The van der Waals surface area contributed by atoms with E-state index in [-0.39, 0.29) is 35.8 Å². The molecule has 3 heterocycles. The van der Waals surface area contributed by atoms with Crippen molar-refractivity contribution in [3.05, 3.63) is 42.4 Å². The normalized spacial score (nSPS) is 18.1. The van der Waals surface area contributed by atoms with E-state index < -0.39 is 10.0 Å². The van der Waals surface area contributed by atoms with Crippen molar-refractivity contribution in [1.29, 1.82) is 0 Å². The van der Waals surface area contributed by atoms with Gasteiger partial charge in [0, 0.05) is 26.7 Å². The highest BCUT2D eigenvalue weighted by atomic mass is 32.2. The van der Waals surface area contributed by atoms with E-state index in [4.69, 9.17) is 4.42 Å². The van der Waals surface area contributed by atoms with Crippen LogP contribution in [0.4, 0.5) is 11.4 Å². The van der Waals surface area contributed by atoms with E-state index in [9.17, 15) is 18.0 Å². The molecule has 4 rings (SSSR count). The average Bonchev–Trinajstić information content (AvgIpc) is 3.35. The summed E-state index contributed by atoms with van der Waals surface area (Å²) in [6.45, 7) is 5.13. The van der Waals surface area contributed by atoms with Crippen LogP contribution >= 0.6 is 0 Å². The molecule has 0 N–H and O–H groups in total. The number of benzene rings is 1. The summed E-state index contributed by atoms with van der Waals surface area (Å²) in [5, 5.41) is 0. The van der Waals surface area contributed by atoms with Crippen LogP contribution in [0.5, 0.6) is 0 Å². The molecular weight excluding hydrogens is 456 g/mol. The molecule has 0 bridgehead atoms. The van der Waals surface area contributed by atoms with Gasteiger partial charge in [-0.2, -0.15) is 4.31 Å². The number of hydrogen-bond donors (Lipinski definition) is 0. The van der Waals surface area contributed by atoms with Crippen LogP contribution < -0.4 is 9.80 Å². The largest absolute Gasteiger partial charge is 0.467 e. The molecule has 2 amide bonds. The first-order chi connectivity index (χ1) is 16.3. The molecular formula is C24H32N4O5S. The van der Waals surface area contributed by atoms with E-state index in [1.807, 2.05) is 0 Å². The molecule has 1 saturated heterocycles. The van der Waals surface area contributed by atoms with Crippen molar-refractivity contribution in [1.82, 2.24) is 9.21 Å². The van der Waals surface area contributed by atoms with Gasteiger partial charge in [-0.1, -0.05) is 13.8 Å². The number of rotatable bonds is 8. The van der Waals surface area contributed by atoms with Crippen molar-refractivity contribution in [2.75, 3.05) is 43.0 Å². The number of likely N-dealkylation sites (N-methyl/N-ethyl adjacent to an activating group) is 1. The number of hydrogen-bond acceptors (Lipinski definition) is 6. The summed E-state index contributed by atoms with van der Waals surface area (Å²) < 4.78 is 33.1. The maximum Gasteiger partial charge on any atom is 0.250 e. The van der Waals surface area contributed by atoms with Crippen molar-refractivity contribution < 1.29 is 22.4 Å². The Labute approximate surface area is 201 Å². The van der Waals surface area contributed by atoms with Gasteiger partial charge in [-0.3, -0.25) is 14.5 Å². The van der Waals surface area contributed by atoms with E-state index >= 15 is 0 Å². The van der Waals surface area contributed by atoms with E-state index in [0.717, 1.165) is 25.1 Å². The van der Waals surface area contributed by atoms with Crippen LogP contribution in [-0.2, 0) is 26.2 Å². The molecule has 0 unspecified atom stereocenters. The Morgan fingerprint density at radius 2 is 1.91 bits per heavy atom. The Kier molecular flexibility index (Phi) is 6.99. The fourth-order valence-electron chi connectivity index (χ4n) is 4.75. The zero-order valence-electron chi connectivity index (χ0n) is 19.9. The van der Waals surface area contributed by atoms with Crippen LogP contribution in [-0.4, -0.2) is 68.7 Å². The fraction of sp³-hybridized carbons (Fsp3) is 0.500. The number of carbonyl (C=O) groups is 2. The molecule has 1 atom stereocenters. The van der Waals surface area contributed by atoms with Crippen molar-refractivity contribution in [2.45, 2.75) is 50.6 Å². The van der Waals surface area contributed by atoms with Gasteiger partial charge in [0.05, 0.1) is 29.1 Å². The van der Waals surface area contributed by atoms with Gasteiger partial charge in [-0.05, 0) is 49.6 Å². The number of nitrogens with zero attached hydrogens (tertiary/aromatic N) is 4. The number of furan rings is 1. The first-order valence-electron chi connectivity index (χ1n) is 11.8. The van der Waals surface area contributed by atoms with Gasteiger partial charge in [-0.15, -0.1) is 0 Å². The third-order valence-corrected chi connectivity index (χ3v) is 8.68. The molecule has 2 aliphatic rings. The SMILES string of the molecule is CCN(CC)S(=O)(=O)c1ccc2c(c1)N(CC(=O)N(C)Cc1ccco1)C(=O)[C@H]1CCCCN21. The van der Waals surface area contributed by atoms with Crippen LogP contribution in [0.3, 0.4) is 0 Å². The molecule has 1 aromatic carbocycles. The van der Waals surface area contributed by atoms with Crippen LogP contribution in [0, 0.1) is 0 Å². The first kappa shape index (κ1) is 24.3. The molecule has 0 aliphatic carbocycles. The molecule has 2 aromatic rings. The minimum absolute atomic E-state index is 0.125. The van der Waals surface area contributed by atoms with Crippen LogP contribution in [0.15, 0.2) is 45.9 Å². The van der Waals surface area contributed by atoms with E-state index in [2.05, 4.69) is 4.90 Å². The number of piperidine rings is 1. The van der Waals surface area contributed by atoms with Gasteiger partial charge in [0.1, 0.15) is 18.3 Å². The number of fused-ring (bicyclic) bond motifs is 3. The molecule has 34 heavy (non-hydrogen) atoms. The summed E-state index contributed by atoms with van der Waals surface area (Å²) in [4.78, 5) is 31.8. The zero-order chi connectivity index (χ0) is 24.5. The molecule has 0 saturated carbocycles. The number of anilines is 2. The highest BCUT2D eigenvalue weighted by Gasteiger charge is 2.41. The summed E-state index contributed by atoms with van der Waals surface area (Å²) in [6.07, 6.45) is 4.17. The monoisotopic (exact) mass is 488 g/mol. The van der Waals surface area contributed by atoms with Gasteiger partial charge in [0.2, 0.25) is 21.8 Å². The van der Waals surface area contributed by atoms with Crippen LogP contribution in [0.1, 0.15) is 38.9 Å². The molecule has 1 aromatic heterocycles. The molecule has 0 spiro atoms. The Bertz CT molecular complexity index is 1140. The lowest BCUT2D eigenvalue weighted by atomic mass is 9.96. The number of carbonyl (C=O) groups excluding carboxylic acids is 2. The van der Waals surface area contributed by atoms with Crippen molar-refractivity contribution >= 4 is 33.2 Å². The lowest BCUT2D eigenvalue weighted by molar-refractivity contribution is -0.131. The van der Waals surface area contributed by atoms with Crippen molar-refractivity contribution in [3.8, 4) is 0 Å². The lowest BCUT2D eigenvalue weighted by Crippen LogP contribution is -2.57. The third-order valence-electron chi connectivity index (χ3n) is 6.64.